The van der Waals surface area contributed by atoms with E-state index in [0.717, 1.165) is 35.0 Å². The summed E-state index contributed by atoms with van der Waals surface area (Å²) in [5, 5.41) is 8.78. The van der Waals surface area contributed by atoms with E-state index in [-0.39, 0.29) is 12.1 Å². The number of hydrogen-bond donors (Lipinski definition) is 2. The van der Waals surface area contributed by atoms with Crippen molar-refractivity contribution in [2.75, 3.05) is 38.6 Å². The Bertz CT molecular complexity index is 686. The van der Waals surface area contributed by atoms with Gasteiger partial charge in [0.15, 0.2) is 0 Å². The summed E-state index contributed by atoms with van der Waals surface area (Å²) in [4.78, 5) is 18.7. The van der Waals surface area contributed by atoms with E-state index in [1.165, 1.54) is 0 Å². The Morgan fingerprint density at radius 1 is 1.42 bits per heavy atom. The van der Waals surface area contributed by atoms with Crippen LogP contribution in [-0.4, -0.2) is 55.3 Å². The average molecular weight is 346 g/mol. The second kappa shape index (κ2) is 7.74. The van der Waals surface area contributed by atoms with Crippen LogP contribution in [0.15, 0.2) is 29.6 Å². The summed E-state index contributed by atoms with van der Waals surface area (Å²) >= 11 is 1.63. The fourth-order valence-electron chi connectivity index (χ4n) is 2.59. The van der Waals surface area contributed by atoms with Gasteiger partial charge in [0.2, 0.25) is 0 Å². The topological polar surface area (TPSA) is 66.5 Å². The van der Waals surface area contributed by atoms with Crippen molar-refractivity contribution in [2.45, 2.75) is 13.0 Å². The first-order chi connectivity index (χ1) is 11.6. The first-order valence-electron chi connectivity index (χ1n) is 7.98. The summed E-state index contributed by atoms with van der Waals surface area (Å²) in [6.45, 7) is 4.98. The van der Waals surface area contributed by atoms with Gasteiger partial charge in [-0.05, 0) is 26.1 Å². The minimum Gasteiger partial charge on any atom is -0.374 e. The number of anilines is 1. The number of nitrogens with zero attached hydrogens (tertiary/aromatic N) is 2. The first kappa shape index (κ1) is 16.9. The number of morpholine rings is 1. The summed E-state index contributed by atoms with van der Waals surface area (Å²) in [6.07, 6.45) is 0.0461. The lowest BCUT2D eigenvalue weighted by molar-refractivity contribution is -0.0166. The number of benzene rings is 1. The Hall–Kier alpha value is -1.96. The first-order valence-corrected chi connectivity index (χ1v) is 8.85. The van der Waals surface area contributed by atoms with Crippen molar-refractivity contribution in [1.29, 1.82) is 0 Å². The maximum atomic E-state index is 12.0. The standard InChI is InChI=1S/C17H22N4O2S/c1-12-19-16(11-24-12)13-3-5-14(6-4-13)20-17(22)18-9-15-10-21(2)7-8-23-15/h3-6,11,15H,7-10H2,1-2H3,(H2,18,20,22). The van der Waals surface area contributed by atoms with Gasteiger partial charge in [-0.25, -0.2) is 9.78 Å². The van der Waals surface area contributed by atoms with Gasteiger partial charge < -0.3 is 20.3 Å². The molecule has 2 aromatic rings. The molecule has 0 aliphatic carbocycles. The maximum absolute atomic E-state index is 12.0. The van der Waals surface area contributed by atoms with Gasteiger partial charge in [-0.2, -0.15) is 0 Å². The molecule has 1 aromatic carbocycles. The molecular weight excluding hydrogens is 324 g/mol. The van der Waals surface area contributed by atoms with Crippen LogP contribution in [0.25, 0.3) is 11.3 Å². The minimum atomic E-state index is -0.218. The molecule has 1 atom stereocenters. The summed E-state index contributed by atoms with van der Waals surface area (Å²) in [7, 11) is 2.06. The van der Waals surface area contributed by atoms with Gasteiger partial charge in [-0.1, -0.05) is 12.1 Å². The molecule has 2 amide bonds. The van der Waals surface area contributed by atoms with Crippen LogP contribution in [0.5, 0.6) is 0 Å². The van der Waals surface area contributed by atoms with Crippen LogP contribution in [-0.2, 0) is 4.74 Å². The molecule has 0 radical (unpaired) electrons. The molecule has 3 rings (SSSR count). The molecule has 1 aliphatic rings. The lowest BCUT2D eigenvalue weighted by atomic mass is 10.1. The predicted octanol–water partition coefficient (Wildman–Crippen LogP) is 2.57. The van der Waals surface area contributed by atoms with Crippen molar-refractivity contribution in [3.8, 4) is 11.3 Å². The van der Waals surface area contributed by atoms with Crippen LogP contribution >= 0.6 is 11.3 Å². The molecular formula is C17H22N4O2S. The van der Waals surface area contributed by atoms with E-state index in [4.69, 9.17) is 4.74 Å². The van der Waals surface area contributed by atoms with E-state index < -0.39 is 0 Å². The molecule has 7 heteroatoms. The quantitative estimate of drug-likeness (QED) is 0.893. The van der Waals surface area contributed by atoms with Gasteiger partial charge in [-0.3, -0.25) is 0 Å². The van der Waals surface area contributed by atoms with Crippen LogP contribution in [0, 0.1) is 6.92 Å². The molecule has 1 aliphatic heterocycles. The largest absolute Gasteiger partial charge is 0.374 e. The van der Waals surface area contributed by atoms with E-state index in [1.54, 1.807) is 11.3 Å². The molecule has 2 heterocycles. The number of amides is 2. The Kier molecular flexibility index (Phi) is 5.44. The molecule has 1 unspecified atom stereocenters. The van der Waals surface area contributed by atoms with Crippen LogP contribution in [0.1, 0.15) is 5.01 Å². The Labute approximate surface area is 145 Å². The van der Waals surface area contributed by atoms with Gasteiger partial charge >= 0.3 is 6.03 Å². The highest BCUT2D eigenvalue weighted by atomic mass is 32.1. The molecule has 0 saturated carbocycles. The predicted molar refractivity (Wildman–Crippen MR) is 96.5 cm³/mol. The smallest absolute Gasteiger partial charge is 0.319 e. The highest BCUT2D eigenvalue weighted by Gasteiger charge is 2.18. The average Bonchev–Trinajstić information content (AvgIpc) is 3.00. The number of carbonyl (C=O) groups excluding carboxylic acids is 1. The highest BCUT2D eigenvalue weighted by Crippen LogP contribution is 2.23. The highest BCUT2D eigenvalue weighted by molar-refractivity contribution is 7.09. The number of ether oxygens (including phenoxy) is 1. The molecule has 1 aromatic heterocycles. The van der Waals surface area contributed by atoms with Crippen molar-refractivity contribution in [2.24, 2.45) is 0 Å². The Balaban J connectivity index is 1.49. The maximum Gasteiger partial charge on any atom is 0.319 e. The number of aromatic nitrogens is 1. The molecule has 0 bridgehead atoms. The number of thiazole rings is 1. The molecule has 1 fully saturated rings. The van der Waals surface area contributed by atoms with Crippen molar-refractivity contribution in [1.82, 2.24) is 15.2 Å². The summed E-state index contributed by atoms with van der Waals surface area (Å²) in [5.41, 5.74) is 2.76. The number of likely N-dealkylation sites (N-methyl/N-ethyl adjacent to an activating group) is 1. The van der Waals surface area contributed by atoms with E-state index in [1.807, 2.05) is 36.6 Å². The SMILES string of the molecule is Cc1nc(-c2ccc(NC(=O)NCC3CN(C)CCO3)cc2)cs1. The second-order valence-corrected chi connectivity index (χ2v) is 6.98. The van der Waals surface area contributed by atoms with E-state index in [0.29, 0.717) is 13.2 Å². The monoisotopic (exact) mass is 346 g/mol. The third-order valence-electron chi connectivity index (χ3n) is 3.89. The van der Waals surface area contributed by atoms with Gasteiger partial charge in [0.05, 0.1) is 23.4 Å². The molecule has 24 heavy (non-hydrogen) atoms. The van der Waals surface area contributed by atoms with Crippen LogP contribution in [0.4, 0.5) is 10.5 Å². The van der Waals surface area contributed by atoms with E-state index in [9.17, 15) is 4.79 Å². The van der Waals surface area contributed by atoms with Crippen molar-refractivity contribution >= 4 is 23.1 Å². The zero-order valence-electron chi connectivity index (χ0n) is 13.9. The molecule has 0 spiro atoms. The van der Waals surface area contributed by atoms with Gasteiger partial charge in [0.25, 0.3) is 0 Å². The number of nitrogens with one attached hydrogen (secondary N) is 2. The number of carbonyl (C=O) groups is 1. The van der Waals surface area contributed by atoms with Crippen LogP contribution < -0.4 is 10.6 Å². The third-order valence-corrected chi connectivity index (χ3v) is 4.66. The van der Waals surface area contributed by atoms with Crippen LogP contribution in [0.3, 0.4) is 0 Å². The molecule has 6 nitrogen and oxygen atoms in total. The van der Waals surface area contributed by atoms with Crippen molar-refractivity contribution < 1.29 is 9.53 Å². The summed E-state index contributed by atoms with van der Waals surface area (Å²) in [5.74, 6) is 0. The van der Waals surface area contributed by atoms with Gasteiger partial charge in [-0.15, -0.1) is 11.3 Å². The Morgan fingerprint density at radius 3 is 2.88 bits per heavy atom. The van der Waals surface area contributed by atoms with E-state index >= 15 is 0 Å². The summed E-state index contributed by atoms with van der Waals surface area (Å²) < 4.78 is 5.63. The normalized spacial score (nSPS) is 18.3. The lowest BCUT2D eigenvalue weighted by Gasteiger charge is -2.30. The minimum absolute atomic E-state index is 0.0461. The zero-order chi connectivity index (χ0) is 16.9. The van der Waals surface area contributed by atoms with Gasteiger partial charge in [0.1, 0.15) is 0 Å². The molecule has 2 N–H and O–H groups in total. The summed E-state index contributed by atoms with van der Waals surface area (Å²) in [6, 6.07) is 7.47. The van der Waals surface area contributed by atoms with Crippen molar-refractivity contribution in [3.63, 3.8) is 0 Å². The van der Waals surface area contributed by atoms with Crippen molar-refractivity contribution in [3.05, 3.63) is 34.7 Å². The number of hydrogen-bond acceptors (Lipinski definition) is 5. The number of rotatable bonds is 4. The number of aryl methyl sites for hydroxylation is 1. The molecule has 1 saturated heterocycles. The van der Waals surface area contributed by atoms with Gasteiger partial charge in [0, 0.05) is 36.3 Å². The lowest BCUT2D eigenvalue weighted by Crippen LogP contribution is -2.46. The number of urea groups is 1. The third kappa shape index (κ3) is 4.53. The van der Waals surface area contributed by atoms with E-state index in [2.05, 4.69) is 27.6 Å². The zero-order valence-corrected chi connectivity index (χ0v) is 14.7. The van der Waals surface area contributed by atoms with Crippen LogP contribution in [0.2, 0.25) is 0 Å². The second-order valence-electron chi connectivity index (χ2n) is 5.92. The fraction of sp³-hybridized carbons (Fsp3) is 0.412. The Morgan fingerprint density at radius 2 is 2.21 bits per heavy atom. The fourth-order valence-corrected chi connectivity index (χ4v) is 3.21. The molecule has 128 valence electrons.